The third kappa shape index (κ3) is 6.23. The Morgan fingerprint density at radius 2 is 1.33 bits per heavy atom. The van der Waals surface area contributed by atoms with Gasteiger partial charge in [-0.2, -0.15) is 9.78 Å². The fraction of sp³-hybridized carbons (Fsp3) is 1.00. The van der Waals surface area contributed by atoms with E-state index in [9.17, 15) is 0 Å². The molecular formula is C17H34O4. The Kier molecular flexibility index (Phi) is 6.25. The lowest BCUT2D eigenvalue weighted by molar-refractivity contribution is -0.557. The molecule has 1 unspecified atom stereocenters. The number of rotatable bonds is 5. The van der Waals surface area contributed by atoms with Crippen LogP contribution in [0.25, 0.3) is 0 Å². The van der Waals surface area contributed by atoms with Crippen LogP contribution in [0.3, 0.4) is 0 Å². The molecule has 126 valence electrons. The van der Waals surface area contributed by atoms with Crippen molar-refractivity contribution in [2.75, 3.05) is 0 Å². The topological polar surface area (TPSA) is 36.9 Å². The van der Waals surface area contributed by atoms with Crippen molar-refractivity contribution in [1.29, 1.82) is 0 Å². The lowest BCUT2D eigenvalue weighted by Gasteiger charge is -2.44. The van der Waals surface area contributed by atoms with Crippen molar-refractivity contribution in [2.24, 2.45) is 11.8 Å². The molecule has 0 aromatic heterocycles. The maximum absolute atomic E-state index is 5.86. The van der Waals surface area contributed by atoms with Crippen LogP contribution in [0.4, 0.5) is 0 Å². The summed E-state index contributed by atoms with van der Waals surface area (Å²) in [5, 5.41) is 0. The molecule has 0 amide bonds. The lowest BCUT2D eigenvalue weighted by atomic mass is 9.77. The molecule has 1 aliphatic carbocycles. The molecule has 0 bridgehead atoms. The molecule has 0 aromatic carbocycles. The molecule has 1 rings (SSSR count). The van der Waals surface area contributed by atoms with Crippen LogP contribution in [0.15, 0.2) is 0 Å². The molecule has 4 nitrogen and oxygen atoms in total. The highest BCUT2D eigenvalue weighted by Crippen LogP contribution is 2.43. The summed E-state index contributed by atoms with van der Waals surface area (Å²) in [6, 6.07) is 0. The molecular weight excluding hydrogens is 268 g/mol. The SMILES string of the molecule is CC(C)C1CCCCC1(OOC(C)(C)C)OOC(C)(C)C. The molecule has 0 spiro atoms. The fourth-order valence-electron chi connectivity index (χ4n) is 2.59. The second kappa shape index (κ2) is 6.95. The summed E-state index contributed by atoms with van der Waals surface area (Å²) in [6.07, 6.45) is 4.12. The summed E-state index contributed by atoms with van der Waals surface area (Å²) >= 11 is 0. The average molecular weight is 302 g/mol. The Labute approximate surface area is 130 Å². The van der Waals surface area contributed by atoms with Crippen molar-refractivity contribution >= 4 is 0 Å². The Morgan fingerprint density at radius 1 is 0.857 bits per heavy atom. The minimum atomic E-state index is -0.813. The molecule has 0 aromatic rings. The number of hydrogen-bond acceptors (Lipinski definition) is 4. The summed E-state index contributed by atoms with van der Waals surface area (Å²) in [4.78, 5) is 22.9. The highest BCUT2D eigenvalue weighted by molar-refractivity contribution is 4.85. The zero-order valence-electron chi connectivity index (χ0n) is 15.1. The smallest absolute Gasteiger partial charge is 0.228 e. The first kappa shape index (κ1) is 18.9. The third-order valence-electron chi connectivity index (χ3n) is 3.53. The van der Waals surface area contributed by atoms with Gasteiger partial charge in [-0.05, 0) is 60.3 Å². The van der Waals surface area contributed by atoms with E-state index in [1.165, 1.54) is 6.42 Å². The normalized spacial score (nSPS) is 23.6. The van der Waals surface area contributed by atoms with Crippen molar-refractivity contribution in [2.45, 2.75) is 98.1 Å². The molecule has 4 heteroatoms. The summed E-state index contributed by atoms with van der Waals surface area (Å²) in [7, 11) is 0. The summed E-state index contributed by atoms with van der Waals surface area (Å²) in [6.45, 7) is 16.2. The second-order valence-corrected chi connectivity index (χ2v) is 8.47. The Bertz CT molecular complexity index is 294. The molecule has 0 saturated heterocycles. The van der Waals surface area contributed by atoms with Crippen LogP contribution in [0.5, 0.6) is 0 Å². The molecule has 0 radical (unpaired) electrons. The van der Waals surface area contributed by atoms with E-state index in [-0.39, 0.29) is 17.1 Å². The van der Waals surface area contributed by atoms with Crippen LogP contribution in [0.1, 0.15) is 81.1 Å². The van der Waals surface area contributed by atoms with Gasteiger partial charge >= 0.3 is 0 Å². The first-order valence-corrected chi connectivity index (χ1v) is 8.19. The largest absolute Gasteiger partial charge is 0.237 e. The van der Waals surface area contributed by atoms with Gasteiger partial charge in [-0.15, -0.1) is 0 Å². The minimum absolute atomic E-state index is 0.260. The molecule has 1 fully saturated rings. The predicted molar refractivity (Wildman–Crippen MR) is 83.4 cm³/mol. The van der Waals surface area contributed by atoms with E-state index in [0.29, 0.717) is 5.92 Å². The number of hydrogen-bond donors (Lipinski definition) is 0. The van der Waals surface area contributed by atoms with E-state index in [2.05, 4.69) is 13.8 Å². The standard InChI is InChI=1S/C17H34O4/c1-13(2)14-11-9-10-12-17(14,20-18-15(3,4)5)21-19-16(6,7)8/h13-14H,9-12H2,1-8H3. The summed E-state index contributed by atoms with van der Waals surface area (Å²) in [5.74, 6) is -0.110. The van der Waals surface area contributed by atoms with E-state index in [1.54, 1.807) is 0 Å². The second-order valence-electron chi connectivity index (χ2n) is 8.47. The predicted octanol–water partition coefficient (Wildman–Crippen LogP) is 5.02. The van der Waals surface area contributed by atoms with E-state index < -0.39 is 5.79 Å². The van der Waals surface area contributed by atoms with Crippen LogP contribution in [0, 0.1) is 11.8 Å². The molecule has 0 heterocycles. The van der Waals surface area contributed by atoms with Gasteiger partial charge in [-0.1, -0.05) is 20.3 Å². The van der Waals surface area contributed by atoms with Gasteiger partial charge in [-0.3, -0.25) is 0 Å². The van der Waals surface area contributed by atoms with Gasteiger partial charge < -0.3 is 0 Å². The van der Waals surface area contributed by atoms with Gasteiger partial charge in [0, 0.05) is 12.3 Å². The van der Waals surface area contributed by atoms with Crippen molar-refractivity contribution in [3.63, 3.8) is 0 Å². The van der Waals surface area contributed by atoms with Gasteiger partial charge in [0.1, 0.15) is 0 Å². The molecule has 1 saturated carbocycles. The van der Waals surface area contributed by atoms with Gasteiger partial charge in [0.15, 0.2) is 0 Å². The van der Waals surface area contributed by atoms with E-state index >= 15 is 0 Å². The van der Waals surface area contributed by atoms with Crippen LogP contribution >= 0.6 is 0 Å². The molecule has 0 aliphatic heterocycles. The van der Waals surface area contributed by atoms with Gasteiger partial charge in [0.05, 0.1) is 11.2 Å². The van der Waals surface area contributed by atoms with E-state index in [0.717, 1.165) is 19.3 Å². The Morgan fingerprint density at radius 3 is 1.71 bits per heavy atom. The van der Waals surface area contributed by atoms with E-state index in [1.807, 2.05) is 41.5 Å². The summed E-state index contributed by atoms with van der Waals surface area (Å²) < 4.78 is 0. The maximum Gasteiger partial charge on any atom is 0.237 e. The van der Waals surface area contributed by atoms with Gasteiger partial charge in [0.25, 0.3) is 0 Å². The first-order chi connectivity index (χ1) is 9.45. The molecule has 0 N–H and O–H groups in total. The van der Waals surface area contributed by atoms with Crippen LogP contribution in [0.2, 0.25) is 0 Å². The first-order valence-electron chi connectivity index (χ1n) is 8.19. The van der Waals surface area contributed by atoms with Crippen LogP contribution in [-0.4, -0.2) is 17.0 Å². The fourth-order valence-corrected chi connectivity index (χ4v) is 2.59. The van der Waals surface area contributed by atoms with E-state index in [4.69, 9.17) is 19.6 Å². The van der Waals surface area contributed by atoms with Gasteiger partial charge in [-0.25, -0.2) is 9.78 Å². The van der Waals surface area contributed by atoms with Crippen molar-refractivity contribution in [3.05, 3.63) is 0 Å². The highest BCUT2D eigenvalue weighted by atomic mass is 17.3. The Balaban J connectivity index is 2.90. The monoisotopic (exact) mass is 302 g/mol. The molecule has 1 atom stereocenters. The molecule has 1 aliphatic rings. The summed E-state index contributed by atoms with van der Waals surface area (Å²) in [5.41, 5.74) is -0.756. The van der Waals surface area contributed by atoms with Gasteiger partial charge in [0.2, 0.25) is 5.79 Å². The minimum Gasteiger partial charge on any atom is -0.228 e. The van der Waals surface area contributed by atoms with Crippen molar-refractivity contribution in [3.8, 4) is 0 Å². The van der Waals surface area contributed by atoms with Crippen LogP contribution < -0.4 is 0 Å². The average Bonchev–Trinajstić information content (AvgIpc) is 2.33. The van der Waals surface area contributed by atoms with Crippen LogP contribution in [-0.2, 0) is 19.6 Å². The quantitative estimate of drug-likeness (QED) is 0.406. The van der Waals surface area contributed by atoms with Crippen molar-refractivity contribution in [1.82, 2.24) is 0 Å². The Hall–Kier alpha value is -0.160. The lowest BCUT2D eigenvalue weighted by Crippen LogP contribution is -2.50. The zero-order chi connectivity index (χ0) is 16.3. The maximum atomic E-state index is 5.86. The third-order valence-corrected chi connectivity index (χ3v) is 3.53. The molecule has 21 heavy (non-hydrogen) atoms. The van der Waals surface area contributed by atoms with Crippen molar-refractivity contribution < 1.29 is 19.6 Å². The zero-order valence-corrected chi connectivity index (χ0v) is 15.1. The highest BCUT2D eigenvalue weighted by Gasteiger charge is 2.48.